The van der Waals surface area contributed by atoms with Crippen LogP contribution in [-0.4, -0.2) is 41.7 Å². The molecule has 0 radical (unpaired) electrons. The first-order chi connectivity index (χ1) is 13.5. The molecule has 0 aliphatic carbocycles. The van der Waals surface area contributed by atoms with Gasteiger partial charge in [0.25, 0.3) is 0 Å². The second-order valence-corrected chi connectivity index (χ2v) is 6.98. The summed E-state index contributed by atoms with van der Waals surface area (Å²) in [5, 5.41) is 13.5. The second kappa shape index (κ2) is 9.80. The molecule has 1 saturated heterocycles. The minimum atomic E-state index is -0.892. The van der Waals surface area contributed by atoms with Gasteiger partial charge in [-0.05, 0) is 18.1 Å². The average molecular weight is 385 g/mol. The second-order valence-electron chi connectivity index (χ2n) is 6.98. The average Bonchev–Trinajstić information content (AvgIpc) is 2.70. The van der Waals surface area contributed by atoms with Gasteiger partial charge in [0.05, 0.1) is 19.3 Å². The summed E-state index contributed by atoms with van der Waals surface area (Å²) >= 11 is 0. The van der Waals surface area contributed by atoms with Gasteiger partial charge in [-0.2, -0.15) is 0 Å². The summed E-state index contributed by atoms with van der Waals surface area (Å²) in [6.07, 6.45) is -2.78. The topological polar surface area (TPSA) is 77.0 Å². The number of hydrogen-bond acceptors (Lipinski definition) is 5. The van der Waals surface area contributed by atoms with Crippen LogP contribution < -0.4 is 5.32 Å². The number of benzene rings is 2. The van der Waals surface area contributed by atoms with Crippen LogP contribution in [0, 0.1) is 0 Å². The molecule has 28 heavy (non-hydrogen) atoms. The molecule has 2 aromatic carbocycles. The van der Waals surface area contributed by atoms with Gasteiger partial charge in [0, 0.05) is 6.92 Å². The largest absolute Gasteiger partial charge is 0.388 e. The van der Waals surface area contributed by atoms with Crippen molar-refractivity contribution in [3.63, 3.8) is 0 Å². The molecule has 0 spiro atoms. The zero-order chi connectivity index (χ0) is 19.9. The highest BCUT2D eigenvalue weighted by Gasteiger charge is 2.45. The van der Waals surface area contributed by atoms with Crippen LogP contribution in [0.2, 0.25) is 0 Å². The molecular formula is C22H27NO5. The summed E-state index contributed by atoms with van der Waals surface area (Å²) in [5.41, 5.74) is 1.98. The maximum Gasteiger partial charge on any atom is 0.217 e. The lowest BCUT2D eigenvalue weighted by atomic mass is 9.97. The van der Waals surface area contributed by atoms with E-state index in [1.54, 1.807) is 6.92 Å². The minimum absolute atomic E-state index is 0.239. The summed E-state index contributed by atoms with van der Waals surface area (Å²) < 4.78 is 17.8. The van der Waals surface area contributed by atoms with Crippen LogP contribution in [-0.2, 0) is 32.2 Å². The number of rotatable bonds is 7. The van der Waals surface area contributed by atoms with E-state index >= 15 is 0 Å². The molecule has 2 aromatic rings. The highest BCUT2D eigenvalue weighted by molar-refractivity contribution is 5.73. The van der Waals surface area contributed by atoms with Gasteiger partial charge in [0.1, 0.15) is 18.2 Å². The standard InChI is InChI=1S/C22H27NO5/c1-15-20(25)21(26-13-17-9-5-3-6-10-17)19(23-16(2)24)22(28-15)27-14-18-11-7-4-8-12-18/h3-12,15,19-22,25H,13-14H2,1-2H3,(H,23,24)/t15-,19-,20+,21-,22?/m1/s1. The fourth-order valence-electron chi connectivity index (χ4n) is 3.26. The van der Waals surface area contributed by atoms with E-state index in [1.807, 2.05) is 60.7 Å². The SMILES string of the molecule is CC(=O)N[C@H]1C(OCc2ccccc2)O[C@H](C)[C@H](O)[C@@H]1OCc1ccccc1. The van der Waals surface area contributed by atoms with E-state index in [1.165, 1.54) is 6.92 Å². The van der Waals surface area contributed by atoms with E-state index < -0.39 is 30.6 Å². The van der Waals surface area contributed by atoms with Crippen LogP contribution >= 0.6 is 0 Å². The third kappa shape index (κ3) is 5.39. The van der Waals surface area contributed by atoms with Gasteiger partial charge < -0.3 is 24.6 Å². The van der Waals surface area contributed by atoms with Crippen molar-refractivity contribution < 1.29 is 24.1 Å². The van der Waals surface area contributed by atoms with Gasteiger partial charge in [-0.3, -0.25) is 4.79 Å². The summed E-state index contributed by atoms with van der Waals surface area (Å²) in [6, 6.07) is 18.8. The maximum atomic E-state index is 11.8. The van der Waals surface area contributed by atoms with Crippen molar-refractivity contribution in [2.75, 3.05) is 0 Å². The zero-order valence-corrected chi connectivity index (χ0v) is 16.2. The van der Waals surface area contributed by atoms with Crippen LogP contribution in [0.5, 0.6) is 0 Å². The van der Waals surface area contributed by atoms with Crippen LogP contribution in [0.1, 0.15) is 25.0 Å². The number of carbonyl (C=O) groups is 1. The predicted molar refractivity (Wildman–Crippen MR) is 104 cm³/mol. The lowest BCUT2D eigenvalue weighted by Gasteiger charge is -2.43. The molecule has 3 rings (SSSR count). The van der Waals surface area contributed by atoms with E-state index in [9.17, 15) is 9.90 Å². The Labute approximate surface area is 165 Å². The van der Waals surface area contributed by atoms with Gasteiger partial charge >= 0.3 is 0 Å². The molecule has 6 heteroatoms. The van der Waals surface area contributed by atoms with Gasteiger partial charge in [0.2, 0.25) is 5.91 Å². The van der Waals surface area contributed by atoms with E-state index in [2.05, 4.69) is 5.32 Å². The van der Waals surface area contributed by atoms with E-state index in [4.69, 9.17) is 14.2 Å². The summed E-state index contributed by atoms with van der Waals surface area (Å²) in [4.78, 5) is 11.8. The Morgan fingerprint density at radius 2 is 1.54 bits per heavy atom. The first-order valence-corrected chi connectivity index (χ1v) is 9.46. The zero-order valence-electron chi connectivity index (χ0n) is 16.2. The van der Waals surface area contributed by atoms with E-state index in [-0.39, 0.29) is 5.91 Å². The van der Waals surface area contributed by atoms with Crippen LogP contribution in [0.3, 0.4) is 0 Å². The Kier molecular flexibility index (Phi) is 7.17. The summed E-state index contributed by atoms with van der Waals surface area (Å²) in [5.74, 6) is -0.239. The third-order valence-corrected chi connectivity index (χ3v) is 4.73. The van der Waals surface area contributed by atoms with Crippen molar-refractivity contribution in [3.05, 3.63) is 71.8 Å². The highest BCUT2D eigenvalue weighted by atomic mass is 16.7. The predicted octanol–water partition coefficient (Wildman–Crippen LogP) is 2.40. The first kappa shape index (κ1) is 20.5. The number of amides is 1. The van der Waals surface area contributed by atoms with Gasteiger partial charge in [-0.15, -0.1) is 0 Å². The molecule has 0 aromatic heterocycles. The van der Waals surface area contributed by atoms with E-state index in [0.29, 0.717) is 13.2 Å². The molecule has 1 fully saturated rings. The van der Waals surface area contributed by atoms with Crippen molar-refractivity contribution in [3.8, 4) is 0 Å². The number of ether oxygens (including phenoxy) is 3. The van der Waals surface area contributed by atoms with Crippen LogP contribution in [0.25, 0.3) is 0 Å². The Hall–Kier alpha value is -2.25. The normalized spacial score (nSPS) is 27.3. The highest BCUT2D eigenvalue weighted by Crippen LogP contribution is 2.26. The van der Waals surface area contributed by atoms with E-state index in [0.717, 1.165) is 11.1 Å². The van der Waals surface area contributed by atoms with Crippen molar-refractivity contribution >= 4 is 5.91 Å². The Morgan fingerprint density at radius 3 is 2.07 bits per heavy atom. The van der Waals surface area contributed by atoms with Gasteiger partial charge in [-0.25, -0.2) is 0 Å². The number of aliphatic hydroxyl groups is 1. The molecule has 1 heterocycles. The molecule has 2 N–H and O–H groups in total. The summed E-state index contributed by atoms with van der Waals surface area (Å²) in [7, 11) is 0. The Morgan fingerprint density at radius 1 is 1.00 bits per heavy atom. The summed E-state index contributed by atoms with van der Waals surface area (Å²) in [6.45, 7) is 3.84. The lowest BCUT2D eigenvalue weighted by molar-refractivity contribution is -0.272. The molecule has 0 saturated carbocycles. The number of aliphatic hydroxyl groups excluding tert-OH is 1. The smallest absolute Gasteiger partial charge is 0.217 e. The molecule has 6 nitrogen and oxygen atoms in total. The minimum Gasteiger partial charge on any atom is -0.388 e. The first-order valence-electron chi connectivity index (χ1n) is 9.46. The molecule has 1 aliphatic rings. The van der Waals surface area contributed by atoms with Crippen LogP contribution in [0.4, 0.5) is 0 Å². The maximum absolute atomic E-state index is 11.8. The lowest BCUT2D eigenvalue weighted by Crippen LogP contribution is -2.64. The van der Waals surface area contributed by atoms with Crippen molar-refractivity contribution in [2.24, 2.45) is 0 Å². The monoisotopic (exact) mass is 385 g/mol. The van der Waals surface area contributed by atoms with Gasteiger partial charge in [-0.1, -0.05) is 60.7 Å². The molecule has 1 unspecified atom stereocenters. The Bertz CT molecular complexity index is 739. The quantitative estimate of drug-likeness (QED) is 0.765. The Balaban J connectivity index is 1.73. The number of carbonyl (C=O) groups excluding carboxylic acids is 1. The molecule has 0 bridgehead atoms. The molecule has 5 atom stereocenters. The van der Waals surface area contributed by atoms with Crippen molar-refractivity contribution in [1.29, 1.82) is 0 Å². The molecule has 150 valence electrons. The van der Waals surface area contributed by atoms with Gasteiger partial charge in [0.15, 0.2) is 6.29 Å². The fourth-order valence-corrected chi connectivity index (χ4v) is 3.26. The number of hydrogen-bond donors (Lipinski definition) is 2. The fraction of sp³-hybridized carbons (Fsp3) is 0.409. The molecule has 1 aliphatic heterocycles. The number of nitrogens with one attached hydrogen (secondary N) is 1. The third-order valence-electron chi connectivity index (χ3n) is 4.73. The molecular weight excluding hydrogens is 358 g/mol. The van der Waals surface area contributed by atoms with Crippen molar-refractivity contribution in [1.82, 2.24) is 5.32 Å². The van der Waals surface area contributed by atoms with Crippen molar-refractivity contribution in [2.45, 2.75) is 57.7 Å². The molecule has 1 amide bonds. The van der Waals surface area contributed by atoms with Crippen LogP contribution in [0.15, 0.2) is 60.7 Å².